The lowest BCUT2D eigenvalue weighted by Gasteiger charge is -2.19. The summed E-state index contributed by atoms with van der Waals surface area (Å²) < 4.78 is 0. The van der Waals surface area contributed by atoms with Crippen molar-refractivity contribution in [1.29, 1.82) is 0 Å². The Kier molecular flexibility index (Phi) is 5.44. The van der Waals surface area contributed by atoms with Crippen molar-refractivity contribution < 1.29 is 9.59 Å². The van der Waals surface area contributed by atoms with Gasteiger partial charge in [0.05, 0.1) is 6.04 Å². The highest BCUT2D eigenvalue weighted by molar-refractivity contribution is 6.39. The van der Waals surface area contributed by atoms with Crippen LogP contribution in [-0.4, -0.2) is 11.8 Å². The quantitative estimate of drug-likeness (QED) is 0.707. The van der Waals surface area contributed by atoms with Gasteiger partial charge >= 0.3 is 11.8 Å². The van der Waals surface area contributed by atoms with Crippen molar-refractivity contribution in [1.82, 2.24) is 5.32 Å². The fourth-order valence-electron chi connectivity index (χ4n) is 2.67. The molecule has 3 rings (SSSR count). The maximum atomic E-state index is 12.4. The van der Waals surface area contributed by atoms with Gasteiger partial charge in [-0.15, -0.1) is 0 Å². The van der Waals surface area contributed by atoms with E-state index >= 15 is 0 Å². The third kappa shape index (κ3) is 4.36. The number of nitrogens with one attached hydrogen (secondary N) is 2. The highest BCUT2D eigenvalue weighted by Crippen LogP contribution is 2.21. The number of aryl methyl sites for hydroxylation is 1. The zero-order chi connectivity index (χ0) is 18.4. The van der Waals surface area contributed by atoms with E-state index in [-0.39, 0.29) is 0 Å². The Balaban J connectivity index is 1.77. The van der Waals surface area contributed by atoms with Gasteiger partial charge in [0.1, 0.15) is 0 Å². The van der Waals surface area contributed by atoms with Crippen molar-refractivity contribution >= 4 is 17.5 Å². The van der Waals surface area contributed by atoms with Crippen molar-refractivity contribution in [3.63, 3.8) is 0 Å². The minimum absolute atomic E-state index is 0.395. The second-order valence-corrected chi connectivity index (χ2v) is 6.05. The van der Waals surface area contributed by atoms with E-state index in [2.05, 4.69) is 10.6 Å². The van der Waals surface area contributed by atoms with Crippen LogP contribution in [0.4, 0.5) is 5.69 Å². The molecule has 0 aliphatic heterocycles. The fraction of sp³-hybridized carbons (Fsp3) is 0.0909. The molecule has 0 aromatic heterocycles. The molecule has 0 saturated carbocycles. The summed E-state index contributed by atoms with van der Waals surface area (Å²) in [4.78, 5) is 24.7. The third-order valence-electron chi connectivity index (χ3n) is 4.06. The van der Waals surface area contributed by atoms with Gasteiger partial charge in [-0.25, -0.2) is 0 Å². The smallest absolute Gasteiger partial charge is 0.313 e. The summed E-state index contributed by atoms with van der Waals surface area (Å²) in [7, 11) is 0. The first kappa shape index (κ1) is 17.4. The van der Waals surface area contributed by atoms with Crippen LogP contribution in [0.5, 0.6) is 0 Å². The molecule has 26 heavy (non-hydrogen) atoms. The summed E-state index contributed by atoms with van der Waals surface area (Å²) in [5, 5.41) is 5.46. The Morgan fingerprint density at radius 1 is 0.692 bits per heavy atom. The predicted octanol–water partition coefficient (Wildman–Crippen LogP) is 3.84. The molecule has 2 amide bonds. The van der Waals surface area contributed by atoms with Crippen LogP contribution in [0.15, 0.2) is 84.9 Å². The second-order valence-electron chi connectivity index (χ2n) is 6.05. The Bertz CT molecular complexity index is 836. The Hall–Kier alpha value is -3.40. The number of benzene rings is 3. The van der Waals surface area contributed by atoms with Crippen molar-refractivity contribution in [3.05, 3.63) is 102 Å². The molecule has 0 spiro atoms. The maximum Gasteiger partial charge on any atom is 0.313 e. The lowest BCUT2D eigenvalue weighted by Crippen LogP contribution is -2.38. The highest BCUT2D eigenvalue weighted by atomic mass is 16.2. The van der Waals surface area contributed by atoms with Crippen molar-refractivity contribution in [3.8, 4) is 0 Å². The number of hydrogen-bond donors (Lipinski definition) is 2. The molecule has 0 unspecified atom stereocenters. The molecule has 0 heterocycles. The number of anilines is 1. The minimum atomic E-state index is -0.689. The molecular weight excluding hydrogens is 324 g/mol. The first-order chi connectivity index (χ1) is 12.6. The molecule has 3 aromatic carbocycles. The van der Waals surface area contributed by atoms with E-state index < -0.39 is 17.9 Å². The molecule has 2 N–H and O–H groups in total. The number of hydrogen-bond acceptors (Lipinski definition) is 2. The first-order valence-corrected chi connectivity index (χ1v) is 8.42. The van der Waals surface area contributed by atoms with Gasteiger partial charge in [0, 0.05) is 5.69 Å². The van der Waals surface area contributed by atoms with Crippen LogP contribution in [0.2, 0.25) is 0 Å². The van der Waals surface area contributed by atoms with Crippen LogP contribution in [0.25, 0.3) is 0 Å². The molecule has 0 saturated heterocycles. The lowest BCUT2D eigenvalue weighted by atomic mass is 9.99. The van der Waals surface area contributed by atoms with Crippen LogP contribution in [-0.2, 0) is 9.59 Å². The van der Waals surface area contributed by atoms with Crippen LogP contribution in [0.1, 0.15) is 22.7 Å². The van der Waals surface area contributed by atoms with Gasteiger partial charge in [-0.3, -0.25) is 9.59 Å². The summed E-state index contributed by atoms with van der Waals surface area (Å²) in [6.45, 7) is 1.96. The van der Waals surface area contributed by atoms with Crippen molar-refractivity contribution in [2.24, 2.45) is 0 Å². The zero-order valence-electron chi connectivity index (χ0n) is 14.5. The van der Waals surface area contributed by atoms with Gasteiger partial charge in [0.2, 0.25) is 0 Å². The fourth-order valence-corrected chi connectivity index (χ4v) is 2.67. The van der Waals surface area contributed by atoms with Crippen LogP contribution in [0.3, 0.4) is 0 Å². The Morgan fingerprint density at radius 3 is 1.69 bits per heavy atom. The van der Waals surface area contributed by atoms with E-state index in [9.17, 15) is 9.59 Å². The van der Waals surface area contributed by atoms with Crippen molar-refractivity contribution in [2.45, 2.75) is 13.0 Å². The number of carbonyl (C=O) groups excluding carboxylic acids is 2. The summed E-state index contributed by atoms with van der Waals surface area (Å²) in [6, 6.07) is 26.1. The third-order valence-corrected chi connectivity index (χ3v) is 4.06. The molecule has 130 valence electrons. The van der Waals surface area contributed by atoms with Crippen LogP contribution >= 0.6 is 0 Å². The average molecular weight is 344 g/mol. The molecule has 0 fully saturated rings. The van der Waals surface area contributed by atoms with Crippen LogP contribution < -0.4 is 10.6 Å². The van der Waals surface area contributed by atoms with E-state index in [1.165, 1.54) is 0 Å². The van der Waals surface area contributed by atoms with E-state index in [4.69, 9.17) is 0 Å². The summed E-state index contributed by atoms with van der Waals surface area (Å²) in [5.41, 5.74) is 3.50. The summed E-state index contributed by atoms with van der Waals surface area (Å²) >= 11 is 0. The Labute approximate surface area is 152 Å². The van der Waals surface area contributed by atoms with Gasteiger partial charge in [-0.1, -0.05) is 78.4 Å². The number of carbonyl (C=O) groups is 2. The van der Waals surface area contributed by atoms with Gasteiger partial charge in [0.15, 0.2) is 0 Å². The molecule has 0 bridgehead atoms. The normalized spacial score (nSPS) is 10.4. The van der Waals surface area contributed by atoms with Gasteiger partial charge in [0.25, 0.3) is 0 Å². The Morgan fingerprint density at radius 2 is 1.19 bits per heavy atom. The molecule has 0 atom stereocenters. The molecule has 4 heteroatoms. The SMILES string of the molecule is Cc1ccc(NC(=O)C(=O)NC(c2ccccc2)c2ccccc2)cc1. The number of rotatable bonds is 4. The molecule has 0 radical (unpaired) electrons. The molecule has 0 aliphatic rings. The monoisotopic (exact) mass is 344 g/mol. The van der Waals surface area contributed by atoms with Gasteiger partial charge in [-0.05, 0) is 30.2 Å². The molecular formula is C22H20N2O2. The zero-order valence-corrected chi connectivity index (χ0v) is 14.5. The first-order valence-electron chi connectivity index (χ1n) is 8.42. The summed E-state index contributed by atoms with van der Waals surface area (Å²) in [6.07, 6.45) is 0. The van der Waals surface area contributed by atoms with Crippen LogP contribution in [0, 0.1) is 6.92 Å². The second kappa shape index (κ2) is 8.12. The van der Waals surface area contributed by atoms with Crippen molar-refractivity contribution in [2.75, 3.05) is 5.32 Å². The van der Waals surface area contributed by atoms with E-state index in [0.29, 0.717) is 5.69 Å². The van der Waals surface area contributed by atoms with E-state index in [0.717, 1.165) is 16.7 Å². The number of amides is 2. The minimum Gasteiger partial charge on any atom is -0.337 e. The van der Waals surface area contributed by atoms with Gasteiger partial charge in [-0.2, -0.15) is 0 Å². The van der Waals surface area contributed by atoms with E-state index in [1.807, 2.05) is 79.7 Å². The average Bonchev–Trinajstić information content (AvgIpc) is 2.69. The summed E-state index contributed by atoms with van der Waals surface area (Å²) in [5.74, 6) is -1.37. The van der Waals surface area contributed by atoms with E-state index in [1.54, 1.807) is 12.1 Å². The largest absolute Gasteiger partial charge is 0.337 e. The molecule has 0 aliphatic carbocycles. The lowest BCUT2D eigenvalue weighted by molar-refractivity contribution is -0.136. The predicted molar refractivity (Wildman–Crippen MR) is 103 cm³/mol. The standard InChI is InChI=1S/C22H20N2O2/c1-16-12-14-19(15-13-16)23-21(25)22(26)24-20(17-8-4-2-5-9-17)18-10-6-3-7-11-18/h2-15,20H,1H3,(H,23,25)(H,24,26). The molecule has 3 aromatic rings. The van der Waals surface area contributed by atoms with Gasteiger partial charge < -0.3 is 10.6 Å². The topological polar surface area (TPSA) is 58.2 Å². The molecule has 4 nitrogen and oxygen atoms in total. The highest BCUT2D eigenvalue weighted by Gasteiger charge is 2.21. The maximum absolute atomic E-state index is 12.4.